The number of quaternary nitrogens is 1. The van der Waals surface area contributed by atoms with Crippen molar-refractivity contribution in [1.29, 1.82) is 0 Å². The predicted octanol–water partition coefficient (Wildman–Crippen LogP) is 1.78. The molecule has 4 nitrogen and oxygen atoms in total. The van der Waals surface area contributed by atoms with Crippen LogP contribution in [0.25, 0.3) is 0 Å². The zero-order valence-corrected chi connectivity index (χ0v) is 11.8. The molecule has 98 valence electrons. The largest absolute Gasteiger partial charge is 0.328 e. The van der Waals surface area contributed by atoms with E-state index >= 15 is 0 Å². The van der Waals surface area contributed by atoms with Crippen LogP contribution in [0.1, 0.15) is 33.1 Å². The van der Waals surface area contributed by atoms with Crippen molar-refractivity contribution in [3.05, 3.63) is 0 Å². The van der Waals surface area contributed by atoms with Crippen LogP contribution in [0.3, 0.4) is 0 Å². The summed E-state index contributed by atoms with van der Waals surface area (Å²) in [5.74, 6) is 0.594. The first-order valence-electron chi connectivity index (χ1n) is 5.89. The minimum absolute atomic E-state index is 0.126. The second kappa shape index (κ2) is 6.57. The quantitative estimate of drug-likeness (QED) is 0.529. The lowest BCUT2D eigenvalue weighted by Gasteiger charge is -2.30. The van der Waals surface area contributed by atoms with Crippen molar-refractivity contribution in [2.24, 2.45) is 5.92 Å². The van der Waals surface area contributed by atoms with Gasteiger partial charge in [-0.15, -0.1) is 0 Å². The molecule has 0 bridgehead atoms. The van der Waals surface area contributed by atoms with Gasteiger partial charge in [-0.1, -0.05) is 13.8 Å². The van der Waals surface area contributed by atoms with Gasteiger partial charge >= 0.3 is 0 Å². The van der Waals surface area contributed by atoms with E-state index in [1.807, 2.05) is 0 Å². The summed E-state index contributed by atoms with van der Waals surface area (Å²) in [5, 5.41) is 0. The molecule has 1 N–H and O–H groups in total. The van der Waals surface area contributed by atoms with Gasteiger partial charge in [0.25, 0.3) is 10.1 Å². The van der Waals surface area contributed by atoms with Gasteiger partial charge in [0.1, 0.15) is 0 Å². The summed E-state index contributed by atoms with van der Waals surface area (Å²) in [6, 6.07) is 0. The molecule has 0 aromatic heterocycles. The van der Waals surface area contributed by atoms with Crippen molar-refractivity contribution in [3.8, 4) is 0 Å². The van der Waals surface area contributed by atoms with Crippen molar-refractivity contribution in [2.45, 2.75) is 33.1 Å². The van der Waals surface area contributed by atoms with Crippen LogP contribution in [0.4, 0.5) is 0 Å². The standard InChI is InChI=1S/C11H25NO3S/c1-11(2)7-5-8-12(3,4)9-6-10-16(13,14)15/h11H,5-10H2,1-4H3/p+1. The molecule has 0 aliphatic carbocycles. The van der Waals surface area contributed by atoms with Gasteiger partial charge in [-0.05, 0) is 18.8 Å². The smallest absolute Gasteiger partial charge is 0.265 e. The Hall–Kier alpha value is -0.130. The van der Waals surface area contributed by atoms with Gasteiger partial charge in [-0.2, -0.15) is 8.42 Å². The minimum Gasteiger partial charge on any atom is -0.328 e. The lowest BCUT2D eigenvalue weighted by Crippen LogP contribution is -2.41. The number of hydrogen-bond acceptors (Lipinski definition) is 2. The summed E-state index contributed by atoms with van der Waals surface area (Å²) in [6.45, 7) is 6.26. The van der Waals surface area contributed by atoms with Crippen LogP contribution in [0.5, 0.6) is 0 Å². The van der Waals surface area contributed by atoms with Gasteiger partial charge in [0, 0.05) is 6.42 Å². The lowest BCUT2D eigenvalue weighted by molar-refractivity contribution is -0.890. The normalized spacial score (nSPS) is 13.4. The van der Waals surface area contributed by atoms with E-state index in [2.05, 4.69) is 27.9 Å². The van der Waals surface area contributed by atoms with Crippen molar-refractivity contribution in [1.82, 2.24) is 0 Å². The Morgan fingerprint density at radius 3 is 2.06 bits per heavy atom. The van der Waals surface area contributed by atoms with E-state index in [9.17, 15) is 8.42 Å². The summed E-state index contributed by atoms with van der Waals surface area (Å²) < 4.78 is 30.6. The van der Waals surface area contributed by atoms with Crippen LogP contribution in [0.2, 0.25) is 0 Å². The van der Waals surface area contributed by atoms with Crippen LogP contribution in [0.15, 0.2) is 0 Å². The monoisotopic (exact) mass is 252 g/mol. The first-order valence-corrected chi connectivity index (χ1v) is 7.50. The molecule has 0 heterocycles. The zero-order valence-electron chi connectivity index (χ0n) is 10.9. The van der Waals surface area contributed by atoms with E-state index in [1.165, 1.54) is 6.42 Å². The molecule has 0 rings (SSSR count). The fourth-order valence-electron chi connectivity index (χ4n) is 1.71. The maximum atomic E-state index is 10.6. The molecule has 0 radical (unpaired) electrons. The minimum atomic E-state index is -3.79. The van der Waals surface area contributed by atoms with Gasteiger partial charge in [0.05, 0.1) is 32.9 Å². The number of hydrogen-bond donors (Lipinski definition) is 1. The molecule has 0 aliphatic heterocycles. The summed E-state index contributed by atoms with van der Waals surface area (Å²) >= 11 is 0. The molecule has 16 heavy (non-hydrogen) atoms. The van der Waals surface area contributed by atoms with Crippen LogP contribution in [0, 0.1) is 5.92 Å². The summed E-state index contributed by atoms with van der Waals surface area (Å²) in [5.41, 5.74) is 0. The fraction of sp³-hybridized carbons (Fsp3) is 1.00. The molecule has 0 unspecified atom stereocenters. The second-order valence-electron chi connectivity index (χ2n) is 5.56. The first-order chi connectivity index (χ1) is 7.12. The van der Waals surface area contributed by atoms with Gasteiger partial charge in [-0.3, -0.25) is 4.55 Å². The molecule has 0 aromatic rings. The zero-order chi connectivity index (χ0) is 12.8. The molecule has 0 atom stereocenters. The third-order valence-electron chi connectivity index (χ3n) is 2.71. The maximum Gasteiger partial charge on any atom is 0.265 e. The highest BCUT2D eigenvalue weighted by molar-refractivity contribution is 7.85. The van der Waals surface area contributed by atoms with Crippen LogP contribution in [-0.2, 0) is 10.1 Å². The molecule has 0 amide bonds. The summed E-state index contributed by atoms with van der Waals surface area (Å²) in [7, 11) is 0.413. The Bertz CT molecular complexity index is 284. The molecule has 0 aliphatic rings. The fourth-order valence-corrected chi connectivity index (χ4v) is 2.21. The average Bonchev–Trinajstić information content (AvgIpc) is 1.99. The summed E-state index contributed by atoms with van der Waals surface area (Å²) in [6.07, 6.45) is 2.89. The van der Waals surface area contributed by atoms with E-state index in [4.69, 9.17) is 4.55 Å². The Morgan fingerprint density at radius 1 is 1.12 bits per heavy atom. The van der Waals surface area contributed by atoms with Crippen molar-refractivity contribution >= 4 is 10.1 Å². The third kappa shape index (κ3) is 10.4. The Labute approximate surface area is 100.0 Å². The van der Waals surface area contributed by atoms with Crippen LogP contribution < -0.4 is 0 Å². The predicted molar refractivity (Wildman–Crippen MR) is 66.9 cm³/mol. The first kappa shape index (κ1) is 15.9. The molecule has 0 saturated carbocycles. The molecule has 0 saturated heterocycles. The topological polar surface area (TPSA) is 54.4 Å². The van der Waals surface area contributed by atoms with Crippen molar-refractivity contribution in [3.63, 3.8) is 0 Å². The van der Waals surface area contributed by atoms with Crippen molar-refractivity contribution < 1.29 is 17.5 Å². The lowest BCUT2D eigenvalue weighted by atomic mass is 10.1. The number of rotatable bonds is 8. The average molecular weight is 252 g/mol. The molecule has 5 heteroatoms. The highest BCUT2D eigenvalue weighted by Gasteiger charge is 2.16. The van der Waals surface area contributed by atoms with Gasteiger partial charge in [0.15, 0.2) is 0 Å². The van der Waals surface area contributed by atoms with Crippen LogP contribution in [-0.4, -0.2) is 50.4 Å². The molecule has 0 spiro atoms. The van der Waals surface area contributed by atoms with Crippen molar-refractivity contribution in [2.75, 3.05) is 32.9 Å². The Kier molecular flexibility index (Phi) is 6.51. The molecule has 0 aromatic carbocycles. The number of nitrogens with zero attached hydrogens (tertiary/aromatic N) is 1. The second-order valence-corrected chi connectivity index (χ2v) is 7.13. The van der Waals surface area contributed by atoms with E-state index in [0.717, 1.165) is 29.9 Å². The highest BCUT2D eigenvalue weighted by Crippen LogP contribution is 2.08. The maximum absolute atomic E-state index is 10.6. The van der Waals surface area contributed by atoms with E-state index < -0.39 is 10.1 Å². The molecule has 0 fully saturated rings. The Morgan fingerprint density at radius 2 is 1.62 bits per heavy atom. The summed E-state index contributed by atoms with van der Waals surface area (Å²) in [4.78, 5) is 0. The van der Waals surface area contributed by atoms with E-state index in [-0.39, 0.29) is 5.75 Å². The van der Waals surface area contributed by atoms with E-state index in [1.54, 1.807) is 0 Å². The highest BCUT2D eigenvalue weighted by atomic mass is 32.2. The molecular weight excluding hydrogens is 226 g/mol. The van der Waals surface area contributed by atoms with E-state index in [0.29, 0.717) is 6.42 Å². The van der Waals surface area contributed by atoms with Gasteiger partial charge < -0.3 is 4.48 Å². The van der Waals surface area contributed by atoms with Crippen LogP contribution >= 0.6 is 0 Å². The third-order valence-corrected chi connectivity index (χ3v) is 3.52. The SMILES string of the molecule is CC(C)CCC[N+](C)(C)CCCS(=O)(=O)O. The van der Waals surface area contributed by atoms with Gasteiger partial charge in [0.2, 0.25) is 0 Å². The van der Waals surface area contributed by atoms with Gasteiger partial charge in [-0.25, -0.2) is 0 Å². The molecular formula is C11H26NO3S+. The Balaban J connectivity index is 3.78.